The Morgan fingerprint density at radius 1 is 1.07 bits per heavy atom. The summed E-state index contributed by atoms with van der Waals surface area (Å²) in [5.74, 6) is 0.371. The molecule has 166 valence electrons. The van der Waals surface area contributed by atoms with E-state index in [-0.39, 0.29) is 48.1 Å². The molecule has 0 aromatic carbocycles. The van der Waals surface area contributed by atoms with E-state index in [4.69, 9.17) is 14.2 Å². The minimum Gasteiger partial charge on any atom is -0.462 e. The lowest BCUT2D eigenvalue weighted by Gasteiger charge is -2.33. The van der Waals surface area contributed by atoms with Gasteiger partial charge in [0.05, 0.1) is 18.3 Å². The molecule has 0 heterocycles. The topological polar surface area (TPSA) is 65.0 Å². The van der Waals surface area contributed by atoms with Crippen LogP contribution in [-0.2, 0) is 19.0 Å². The Kier molecular flexibility index (Phi) is 15.5. The van der Waals surface area contributed by atoms with Crippen LogP contribution in [0.3, 0.4) is 0 Å². The van der Waals surface area contributed by atoms with Gasteiger partial charge in [-0.25, -0.2) is 0 Å². The van der Waals surface area contributed by atoms with Crippen molar-refractivity contribution < 1.29 is 24.1 Å². The first-order chi connectivity index (χ1) is 13.2. The molecule has 0 aromatic heterocycles. The highest BCUT2D eigenvalue weighted by molar-refractivity contribution is 14.1. The molecule has 0 spiro atoms. The first-order valence-corrected chi connectivity index (χ1v) is 11.7. The first-order valence-electron chi connectivity index (χ1n) is 10.4. The lowest BCUT2D eigenvalue weighted by molar-refractivity contribution is -0.155. The summed E-state index contributed by atoms with van der Waals surface area (Å²) in [4.78, 5) is 12.0. The van der Waals surface area contributed by atoms with Crippen molar-refractivity contribution in [2.75, 3.05) is 14.2 Å². The molecule has 0 aliphatic heterocycles. The molecule has 0 saturated carbocycles. The molecule has 6 heteroatoms. The average molecular weight is 512 g/mol. The highest BCUT2D eigenvalue weighted by Crippen LogP contribution is 2.28. The molecule has 0 bridgehead atoms. The number of hydrogen-bond donors (Lipinski definition) is 1. The molecule has 0 aromatic rings. The van der Waals surface area contributed by atoms with Gasteiger partial charge in [0.15, 0.2) is 0 Å². The van der Waals surface area contributed by atoms with E-state index in [2.05, 4.69) is 49.4 Å². The molecular weight excluding hydrogens is 471 g/mol. The van der Waals surface area contributed by atoms with Gasteiger partial charge in [0.25, 0.3) is 0 Å². The normalized spacial score (nSPS) is 19.6. The van der Waals surface area contributed by atoms with Crippen LogP contribution in [0.5, 0.6) is 0 Å². The van der Waals surface area contributed by atoms with Gasteiger partial charge in [-0.2, -0.15) is 0 Å². The van der Waals surface area contributed by atoms with Crippen LogP contribution in [0.15, 0.2) is 10.2 Å². The van der Waals surface area contributed by atoms with Gasteiger partial charge in [-0.15, -0.1) is 0 Å². The molecule has 28 heavy (non-hydrogen) atoms. The molecular formula is C22H41IO5. The largest absolute Gasteiger partial charge is 0.462 e. The number of esters is 1. The third-order valence-electron chi connectivity index (χ3n) is 5.66. The van der Waals surface area contributed by atoms with Crippen LogP contribution >= 0.6 is 22.6 Å². The van der Waals surface area contributed by atoms with Gasteiger partial charge in [0, 0.05) is 32.5 Å². The smallest absolute Gasteiger partial charge is 0.305 e. The van der Waals surface area contributed by atoms with Gasteiger partial charge < -0.3 is 19.3 Å². The molecule has 0 saturated heterocycles. The number of rotatable bonds is 15. The van der Waals surface area contributed by atoms with E-state index < -0.39 is 0 Å². The summed E-state index contributed by atoms with van der Waals surface area (Å²) in [7, 11) is 3.41. The molecule has 1 N–H and O–H groups in total. The van der Waals surface area contributed by atoms with Gasteiger partial charge >= 0.3 is 5.97 Å². The van der Waals surface area contributed by atoms with Crippen LogP contribution in [0.2, 0.25) is 0 Å². The summed E-state index contributed by atoms with van der Waals surface area (Å²) in [5.41, 5.74) is 0. The predicted octanol–water partition coefficient (Wildman–Crippen LogP) is 5.14. The van der Waals surface area contributed by atoms with Crippen LogP contribution in [0.25, 0.3) is 0 Å². The summed E-state index contributed by atoms with van der Waals surface area (Å²) in [6, 6.07) is 0. The monoisotopic (exact) mass is 512 g/mol. The molecule has 7 atom stereocenters. The lowest BCUT2D eigenvalue weighted by atomic mass is 9.84. The van der Waals surface area contributed by atoms with Crippen molar-refractivity contribution in [2.24, 2.45) is 17.8 Å². The molecule has 0 unspecified atom stereocenters. The highest BCUT2D eigenvalue weighted by Gasteiger charge is 2.32. The fourth-order valence-electron chi connectivity index (χ4n) is 3.63. The van der Waals surface area contributed by atoms with Gasteiger partial charge in [-0.3, -0.25) is 4.79 Å². The van der Waals surface area contributed by atoms with Crippen molar-refractivity contribution >= 4 is 28.6 Å². The maximum absolute atomic E-state index is 12.0. The number of ether oxygens (including phenoxy) is 3. The number of aliphatic hydroxyl groups is 1. The third kappa shape index (κ3) is 10.0. The van der Waals surface area contributed by atoms with Crippen molar-refractivity contribution in [3.63, 3.8) is 0 Å². The van der Waals surface area contributed by atoms with E-state index in [0.29, 0.717) is 12.8 Å². The summed E-state index contributed by atoms with van der Waals surface area (Å²) < 4.78 is 19.2. The first kappa shape index (κ1) is 27.8. The zero-order chi connectivity index (χ0) is 21.7. The standard InChI is InChI=1S/C22H41IO5/c1-8-18(24)14-20(26-6)15(3)10-11-19(28-21(25)9-2)17(5)22(27-7)16(4)12-13-23/h12-13,15-20,22,24H,8-11,14H2,1-7H3/b13-12+/t15-,16+,17-,18+,19-,20-,22+/m0/s1. The van der Waals surface area contributed by atoms with Crippen LogP contribution < -0.4 is 0 Å². The Bertz CT molecular complexity index is 443. The van der Waals surface area contributed by atoms with E-state index in [1.54, 1.807) is 14.2 Å². The number of aliphatic hydroxyl groups excluding tert-OH is 1. The van der Waals surface area contributed by atoms with Crippen LogP contribution in [0, 0.1) is 17.8 Å². The average Bonchev–Trinajstić information content (AvgIpc) is 2.68. The Hall–Kier alpha value is -0.180. The molecule has 0 fully saturated rings. The molecule has 0 aliphatic carbocycles. The minimum absolute atomic E-state index is 0.00752. The predicted molar refractivity (Wildman–Crippen MR) is 123 cm³/mol. The van der Waals surface area contributed by atoms with E-state index in [1.165, 1.54) is 0 Å². The highest BCUT2D eigenvalue weighted by atomic mass is 127. The Morgan fingerprint density at radius 3 is 2.18 bits per heavy atom. The van der Waals surface area contributed by atoms with E-state index >= 15 is 0 Å². The Balaban J connectivity index is 5.16. The maximum Gasteiger partial charge on any atom is 0.305 e. The van der Waals surface area contributed by atoms with Gasteiger partial charge in [-0.05, 0) is 35.7 Å². The summed E-state index contributed by atoms with van der Waals surface area (Å²) in [6.45, 7) is 10.1. The second kappa shape index (κ2) is 15.6. The molecule has 0 aliphatic rings. The number of methoxy groups -OCH3 is 2. The van der Waals surface area contributed by atoms with Crippen molar-refractivity contribution in [1.82, 2.24) is 0 Å². The summed E-state index contributed by atoms with van der Waals surface area (Å²) >= 11 is 2.21. The molecule has 0 rings (SSSR count). The van der Waals surface area contributed by atoms with Crippen molar-refractivity contribution in [1.29, 1.82) is 0 Å². The third-order valence-corrected chi connectivity index (χ3v) is 6.08. The second-order valence-corrected chi connectivity index (χ2v) is 8.46. The molecule has 0 radical (unpaired) electrons. The van der Waals surface area contributed by atoms with Gasteiger partial charge in [-0.1, -0.05) is 63.3 Å². The zero-order valence-corrected chi connectivity index (χ0v) is 20.8. The quantitative estimate of drug-likeness (QED) is 0.243. The zero-order valence-electron chi connectivity index (χ0n) is 18.7. The van der Waals surface area contributed by atoms with Crippen molar-refractivity contribution in [3.05, 3.63) is 10.2 Å². The SMILES string of the molecule is CCC(=O)O[C@@H](CC[C@H](C)[C@H](C[C@H](O)CC)OC)[C@H](C)[C@H](OC)[C@H](C)/C=C/I. The van der Waals surface area contributed by atoms with Gasteiger partial charge in [0.2, 0.25) is 0 Å². The summed E-state index contributed by atoms with van der Waals surface area (Å²) in [5, 5.41) is 9.97. The fourth-order valence-corrected chi connectivity index (χ4v) is 4.29. The van der Waals surface area contributed by atoms with Gasteiger partial charge in [0.1, 0.15) is 6.10 Å². The minimum atomic E-state index is -0.348. The number of halogens is 1. The Labute approximate surface area is 185 Å². The fraction of sp³-hybridized carbons (Fsp3) is 0.864. The van der Waals surface area contributed by atoms with E-state index in [0.717, 1.165) is 19.3 Å². The van der Waals surface area contributed by atoms with E-state index in [1.807, 2.05) is 17.9 Å². The Morgan fingerprint density at radius 2 is 1.71 bits per heavy atom. The lowest BCUT2D eigenvalue weighted by Crippen LogP contribution is -2.38. The number of carbonyl (C=O) groups excluding carboxylic acids is 1. The van der Waals surface area contributed by atoms with Crippen LogP contribution in [0.4, 0.5) is 0 Å². The van der Waals surface area contributed by atoms with Crippen LogP contribution in [-0.4, -0.2) is 49.7 Å². The van der Waals surface area contributed by atoms with Crippen LogP contribution in [0.1, 0.15) is 66.7 Å². The number of hydrogen-bond acceptors (Lipinski definition) is 5. The molecule has 5 nitrogen and oxygen atoms in total. The van der Waals surface area contributed by atoms with E-state index in [9.17, 15) is 9.90 Å². The van der Waals surface area contributed by atoms with Crippen molar-refractivity contribution in [2.45, 2.75) is 91.1 Å². The van der Waals surface area contributed by atoms with Crippen molar-refractivity contribution in [3.8, 4) is 0 Å². The second-order valence-electron chi connectivity index (χ2n) is 7.75. The maximum atomic E-state index is 12.0. The molecule has 0 amide bonds. The number of carbonyl (C=O) groups is 1. The summed E-state index contributed by atoms with van der Waals surface area (Å²) in [6.07, 6.45) is 4.83.